The first kappa shape index (κ1) is 20.7. The number of alkyl halides is 3. The number of nitrogens with zero attached hydrogens (tertiary/aromatic N) is 4. The number of pyridine rings is 1. The molecular formula is C21H21F3N6O. The van der Waals surface area contributed by atoms with E-state index in [9.17, 15) is 18.0 Å². The highest BCUT2D eigenvalue weighted by molar-refractivity contribution is 6.03. The molecule has 7 nitrogen and oxygen atoms in total. The summed E-state index contributed by atoms with van der Waals surface area (Å²) < 4.78 is 41.0. The third kappa shape index (κ3) is 4.32. The zero-order chi connectivity index (χ0) is 22.2. The predicted molar refractivity (Wildman–Crippen MR) is 112 cm³/mol. The van der Waals surface area contributed by atoms with E-state index in [-0.39, 0.29) is 6.03 Å². The highest BCUT2D eigenvalue weighted by Crippen LogP contribution is 2.34. The number of aromatic nitrogens is 3. The number of hydrogen-bond donors (Lipinski definition) is 2. The maximum atomic E-state index is 13.1. The van der Waals surface area contributed by atoms with Gasteiger partial charge in [-0.05, 0) is 37.6 Å². The van der Waals surface area contributed by atoms with E-state index in [0.29, 0.717) is 53.7 Å². The van der Waals surface area contributed by atoms with Crippen molar-refractivity contribution in [2.24, 2.45) is 7.05 Å². The molecule has 0 spiro atoms. The monoisotopic (exact) mass is 430 g/mol. The van der Waals surface area contributed by atoms with Crippen molar-refractivity contribution < 1.29 is 18.0 Å². The highest BCUT2D eigenvalue weighted by atomic mass is 19.4. The topological polar surface area (TPSA) is 75.1 Å². The number of carbonyl (C=O) groups excluding carboxylic acids is 1. The first-order chi connectivity index (χ1) is 14.7. The van der Waals surface area contributed by atoms with Crippen LogP contribution in [0, 0.1) is 6.92 Å². The van der Waals surface area contributed by atoms with Gasteiger partial charge in [-0.15, -0.1) is 0 Å². The van der Waals surface area contributed by atoms with Crippen LogP contribution in [-0.4, -0.2) is 33.9 Å². The molecule has 3 heterocycles. The largest absolute Gasteiger partial charge is 0.416 e. The molecule has 31 heavy (non-hydrogen) atoms. The van der Waals surface area contributed by atoms with Gasteiger partial charge in [0.2, 0.25) is 0 Å². The van der Waals surface area contributed by atoms with Crippen LogP contribution in [-0.2, 0) is 13.2 Å². The van der Waals surface area contributed by atoms with Crippen LogP contribution in [0.2, 0.25) is 0 Å². The third-order valence-corrected chi connectivity index (χ3v) is 4.99. The Bertz CT molecular complexity index is 1120. The summed E-state index contributed by atoms with van der Waals surface area (Å²) in [5.74, 6) is 0.367. The highest BCUT2D eigenvalue weighted by Gasteiger charge is 2.31. The average molecular weight is 430 g/mol. The molecule has 2 aromatic heterocycles. The minimum atomic E-state index is -4.45. The van der Waals surface area contributed by atoms with E-state index in [2.05, 4.69) is 20.7 Å². The number of fused-ring (bicyclic) bond motifs is 1. The number of benzene rings is 1. The molecule has 0 saturated heterocycles. The maximum Gasteiger partial charge on any atom is 0.416 e. The van der Waals surface area contributed by atoms with E-state index in [1.165, 1.54) is 11.0 Å². The summed E-state index contributed by atoms with van der Waals surface area (Å²) in [6, 6.07) is 7.99. The van der Waals surface area contributed by atoms with Crippen LogP contribution in [0.5, 0.6) is 0 Å². The third-order valence-electron chi connectivity index (χ3n) is 4.99. The summed E-state index contributed by atoms with van der Waals surface area (Å²) in [4.78, 5) is 19.1. The van der Waals surface area contributed by atoms with Crippen molar-refractivity contribution >= 4 is 23.2 Å². The van der Waals surface area contributed by atoms with Crippen molar-refractivity contribution in [3.05, 3.63) is 53.9 Å². The molecule has 0 radical (unpaired) electrons. The Kier molecular flexibility index (Phi) is 5.30. The first-order valence-electron chi connectivity index (χ1n) is 9.74. The first-order valence-corrected chi connectivity index (χ1v) is 9.74. The average Bonchev–Trinajstić information content (AvgIpc) is 2.91. The van der Waals surface area contributed by atoms with Crippen LogP contribution in [0.15, 0.2) is 42.6 Å². The van der Waals surface area contributed by atoms with Crippen molar-refractivity contribution in [3.8, 4) is 11.3 Å². The molecule has 3 aromatic rings. The van der Waals surface area contributed by atoms with E-state index in [0.717, 1.165) is 12.1 Å². The summed E-state index contributed by atoms with van der Waals surface area (Å²) in [6.07, 6.45) is -2.05. The summed E-state index contributed by atoms with van der Waals surface area (Å²) in [5, 5.41) is 10.3. The van der Waals surface area contributed by atoms with Crippen molar-refractivity contribution in [1.82, 2.24) is 14.8 Å². The molecule has 0 saturated carbocycles. The lowest BCUT2D eigenvalue weighted by Gasteiger charge is -2.22. The molecule has 162 valence electrons. The Balaban J connectivity index is 1.69. The number of aryl methyl sites for hydroxylation is 2. The normalized spacial score (nSPS) is 13.9. The molecular weight excluding hydrogens is 409 g/mol. The van der Waals surface area contributed by atoms with Gasteiger partial charge < -0.3 is 10.6 Å². The Morgan fingerprint density at radius 2 is 2.03 bits per heavy atom. The van der Waals surface area contributed by atoms with Gasteiger partial charge in [0.25, 0.3) is 0 Å². The summed E-state index contributed by atoms with van der Waals surface area (Å²) in [5.41, 5.74) is 1.83. The van der Waals surface area contributed by atoms with Gasteiger partial charge >= 0.3 is 12.2 Å². The second kappa shape index (κ2) is 7.93. The Morgan fingerprint density at radius 1 is 1.23 bits per heavy atom. The van der Waals surface area contributed by atoms with Crippen LogP contribution < -0.4 is 15.5 Å². The fraction of sp³-hybridized carbons (Fsp3) is 0.286. The summed E-state index contributed by atoms with van der Waals surface area (Å²) in [7, 11) is 1.76. The van der Waals surface area contributed by atoms with Crippen LogP contribution in [0.25, 0.3) is 11.3 Å². The van der Waals surface area contributed by atoms with Gasteiger partial charge in [-0.2, -0.15) is 18.3 Å². The molecule has 0 atom stereocenters. The van der Waals surface area contributed by atoms with Crippen molar-refractivity contribution in [2.75, 3.05) is 28.6 Å². The molecule has 1 aliphatic heterocycles. The quantitative estimate of drug-likeness (QED) is 0.620. The molecule has 2 N–H and O–H groups in total. The van der Waals surface area contributed by atoms with Gasteiger partial charge in [-0.1, -0.05) is 12.1 Å². The molecule has 0 bridgehead atoms. The molecule has 0 fully saturated rings. The number of halogens is 3. The zero-order valence-corrected chi connectivity index (χ0v) is 17.0. The number of hydrogen-bond acceptors (Lipinski definition) is 4. The number of anilines is 3. The molecule has 10 heteroatoms. The van der Waals surface area contributed by atoms with E-state index in [1.54, 1.807) is 43.0 Å². The second-order valence-electron chi connectivity index (χ2n) is 7.31. The van der Waals surface area contributed by atoms with Gasteiger partial charge in [0.1, 0.15) is 0 Å². The van der Waals surface area contributed by atoms with Crippen molar-refractivity contribution in [2.45, 2.75) is 19.5 Å². The molecule has 1 aromatic carbocycles. The van der Waals surface area contributed by atoms with E-state index >= 15 is 0 Å². The summed E-state index contributed by atoms with van der Waals surface area (Å²) in [6.45, 7) is 2.84. The Hall–Kier alpha value is -3.56. The predicted octanol–water partition coefficient (Wildman–Crippen LogP) is 4.66. The van der Waals surface area contributed by atoms with Gasteiger partial charge in [0.05, 0.1) is 28.3 Å². The van der Waals surface area contributed by atoms with Crippen LogP contribution >= 0.6 is 0 Å². The lowest BCUT2D eigenvalue weighted by atomic mass is 10.1. The lowest BCUT2D eigenvalue weighted by Crippen LogP contribution is -2.36. The molecule has 2 amide bonds. The molecule has 0 unspecified atom stereocenters. The second-order valence-corrected chi connectivity index (χ2v) is 7.31. The van der Waals surface area contributed by atoms with E-state index < -0.39 is 11.7 Å². The number of nitrogens with one attached hydrogen (secondary N) is 2. The van der Waals surface area contributed by atoms with Gasteiger partial charge in [-0.3, -0.25) is 9.58 Å². The van der Waals surface area contributed by atoms with Crippen LogP contribution in [0.3, 0.4) is 0 Å². The number of urea groups is 1. The SMILES string of the molecule is Cc1nn(C)cc1NC(=O)N1CCCNc2ccc(-c3cccc(C(F)(F)F)c3)nc21. The van der Waals surface area contributed by atoms with Gasteiger partial charge in [0.15, 0.2) is 5.82 Å². The fourth-order valence-corrected chi connectivity index (χ4v) is 3.48. The fourth-order valence-electron chi connectivity index (χ4n) is 3.48. The van der Waals surface area contributed by atoms with Crippen LogP contribution in [0.1, 0.15) is 17.7 Å². The van der Waals surface area contributed by atoms with Crippen LogP contribution in [0.4, 0.5) is 35.2 Å². The standard InChI is InChI=1S/C21H21F3N6O/c1-13-18(12-29(2)28-13)27-20(31)30-10-4-9-25-17-8-7-16(26-19(17)30)14-5-3-6-15(11-14)21(22,23)24/h3,5-8,11-12,25H,4,9-10H2,1-2H3,(H,27,31). The van der Waals surface area contributed by atoms with E-state index in [4.69, 9.17) is 0 Å². The zero-order valence-electron chi connectivity index (χ0n) is 17.0. The maximum absolute atomic E-state index is 13.1. The lowest BCUT2D eigenvalue weighted by molar-refractivity contribution is -0.137. The Labute approximate surface area is 176 Å². The van der Waals surface area contributed by atoms with E-state index in [1.807, 2.05) is 0 Å². The summed E-state index contributed by atoms with van der Waals surface area (Å²) >= 11 is 0. The number of amides is 2. The number of carbonyl (C=O) groups is 1. The molecule has 0 aliphatic carbocycles. The Morgan fingerprint density at radius 3 is 2.74 bits per heavy atom. The minimum Gasteiger partial charge on any atom is -0.382 e. The smallest absolute Gasteiger partial charge is 0.382 e. The van der Waals surface area contributed by atoms with Gasteiger partial charge in [-0.25, -0.2) is 9.78 Å². The molecule has 1 aliphatic rings. The minimum absolute atomic E-state index is 0.324. The van der Waals surface area contributed by atoms with Crippen molar-refractivity contribution in [1.29, 1.82) is 0 Å². The molecule has 4 rings (SSSR count). The number of rotatable bonds is 2. The van der Waals surface area contributed by atoms with Crippen molar-refractivity contribution in [3.63, 3.8) is 0 Å². The van der Waals surface area contributed by atoms with Gasteiger partial charge in [0, 0.05) is 31.9 Å².